The molecule has 0 aliphatic heterocycles. The maximum absolute atomic E-state index is 5.76. The second-order valence-corrected chi connectivity index (χ2v) is 5.73. The Labute approximate surface area is 147 Å². The van der Waals surface area contributed by atoms with Gasteiger partial charge in [0.2, 0.25) is 0 Å². The van der Waals surface area contributed by atoms with Crippen molar-refractivity contribution in [3.63, 3.8) is 0 Å². The summed E-state index contributed by atoms with van der Waals surface area (Å²) in [7, 11) is 0. The first-order valence-corrected chi connectivity index (χ1v) is 8.63. The number of ether oxygens (including phenoxy) is 3. The number of nitrogens with one attached hydrogen (secondary N) is 1. The molecular weight excluding hydrogens is 316 g/mol. The number of H-pyrrole nitrogens is 1. The van der Waals surface area contributed by atoms with Gasteiger partial charge in [0, 0.05) is 18.8 Å². The molecule has 0 unspecified atom stereocenters. The highest BCUT2D eigenvalue weighted by Gasteiger charge is 2.10. The molecule has 0 saturated heterocycles. The van der Waals surface area contributed by atoms with Crippen molar-refractivity contribution in [2.75, 3.05) is 19.8 Å². The van der Waals surface area contributed by atoms with Crippen LogP contribution in [-0.4, -0.2) is 36.1 Å². The SMILES string of the molecule is CCOC(COc1ccc(-c2nc3c(C)cccc3[nH]2)cc1)OCC. The molecule has 1 heterocycles. The Bertz CT molecular complexity index is 805. The van der Waals surface area contributed by atoms with E-state index >= 15 is 0 Å². The first kappa shape index (κ1) is 17.5. The average molecular weight is 340 g/mol. The van der Waals surface area contributed by atoms with Crippen LogP contribution in [0, 0.1) is 6.92 Å². The van der Waals surface area contributed by atoms with Crippen molar-refractivity contribution in [3.8, 4) is 17.1 Å². The molecule has 1 aromatic heterocycles. The van der Waals surface area contributed by atoms with E-state index in [1.807, 2.05) is 50.2 Å². The Balaban J connectivity index is 1.70. The lowest BCUT2D eigenvalue weighted by molar-refractivity contribution is -0.152. The van der Waals surface area contributed by atoms with Crippen molar-refractivity contribution < 1.29 is 14.2 Å². The summed E-state index contributed by atoms with van der Waals surface area (Å²) >= 11 is 0. The Morgan fingerprint density at radius 3 is 2.36 bits per heavy atom. The van der Waals surface area contributed by atoms with Crippen LogP contribution < -0.4 is 4.74 Å². The number of hydrogen-bond donors (Lipinski definition) is 1. The van der Waals surface area contributed by atoms with Crippen molar-refractivity contribution in [2.24, 2.45) is 0 Å². The lowest BCUT2D eigenvalue weighted by atomic mass is 10.2. The number of benzene rings is 2. The first-order chi connectivity index (χ1) is 12.2. The Morgan fingerprint density at radius 1 is 1.00 bits per heavy atom. The van der Waals surface area contributed by atoms with Crippen LogP contribution in [-0.2, 0) is 9.47 Å². The number of para-hydroxylation sites is 1. The summed E-state index contributed by atoms with van der Waals surface area (Å²) in [4.78, 5) is 8.06. The topological polar surface area (TPSA) is 56.4 Å². The van der Waals surface area contributed by atoms with Crippen LogP contribution in [0.5, 0.6) is 5.75 Å². The highest BCUT2D eigenvalue weighted by atomic mass is 16.7. The van der Waals surface area contributed by atoms with E-state index in [0.29, 0.717) is 19.8 Å². The fourth-order valence-electron chi connectivity index (χ4n) is 2.70. The molecular formula is C20H24N2O3. The van der Waals surface area contributed by atoms with Crippen molar-refractivity contribution in [1.82, 2.24) is 9.97 Å². The smallest absolute Gasteiger partial charge is 0.191 e. The van der Waals surface area contributed by atoms with Gasteiger partial charge in [-0.3, -0.25) is 0 Å². The molecule has 0 radical (unpaired) electrons. The van der Waals surface area contributed by atoms with Crippen molar-refractivity contribution in [1.29, 1.82) is 0 Å². The molecule has 5 heteroatoms. The number of aromatic nitrogens is 2. The zero-order chi connectivity index (χ0) is 17.6. The van der Waals surface area contributed by atoms with Crippen LogP contribution in [0.15, 0.2) is 42.5 Å². The van der Waals surface area contributed by atoms with E-state index < -0.39 is 0 Å². The third-order valence-corrected chi connectivity index (χ3v) is 3.93. The van der Waals surface area contributed by atoms with Gasteiger partial charge in [0.05, 0.1) is 11.0 Å². The first-order valence-electron chi connectivity index (χ1n) is 8.63. The minimum atomic E-state index is -0.340. The number of nitrogens with zero attached hydrogens (tertiary/aromatic N) is 1. The van der Waals surface area contributed by atoms with E-state index in [1.54, 1.807) is 0 Å². The van der Waals surface area contributed by atoms with Gasteiger partial charge >= 0.3 is 0 Å². The van der Waals surface area contributed by atoms with Gasteiger partial charge in [0.1, 0.15) is 18.2 Å². The van der Waals surface area contributed by atoms with Gasteiger partial charge in [-0.1, -0.05) is 12.1 Å². The molecule has 0 saturated carbocycles. The largest absolute Gasteiger partial charge is 0.488 e. The number of aromatic amines is 1. The van der Waals surface area contributed by atoms with E-state index in [9.17, 15) is 0 Å². The Hall–Kier alpha value is -2.37. The van der Waals surface area contributed by atoms with Crippen LogP contribution in [0.4, 0.5) is 0 Å². The van der Waals surface area contributed by atoms with Crippen molar-refractivity contribution in [3.05, 3.63) is 48.0 Å². The lowest BCUT2D eigenvalue weighted by Gasteiger charge is -2.17. The summed E-state index contributed by atoms with van der Waals surface area (Å²) < 4.78 is 16.7. The monoisotopic (exact) mass is 340 g/mol. The summed E-state index contributed by atoms with van der Waals surface area (Å²) in [6, 6.07) is 14.0. The summed E-state index contributed by atoms with van der Waals surface area (Å²) in [5.41, 5.74) is 4.24. The van der Waals surface area contributed by atoms with Gasteiger partial charge in [0.25, 0.3) is 0 Å². The molecule has 0 amide bonds. The molecule has 3 aromatic rings. The molecule has 0 aliphatic carbocycles. The zero-order valence-corrected chi connectivity index (χ0v) is 14.9. The van der Waals surface area contributed by atoms with E-state index in [2.05, 4.69) is 18.0 Å². The minimum absolute atomic E-state index is 0.340. The maximum atomic E-state index is 5.76. The summed E-state index contributed by atoms with van der Waals surface area (Å²) in [5, 5.41) is 0. The molecule has 1 N–H and O–H groups in total. The Kier molecular flexibility index (Phi) is 5.68. The molecule has 3 rings (SSSR count). The number of aryl methyl sites for hydroxylation is 1. The average Bonchev–Trinajstić information content (AvgIpc) is 3.06. The molecule has 0 atom stereocenters. The fourth-order valence-corrected chi connectivity index (χ4v) is 2.70. The predicted molar refractivity (Wildman–Crippen MR) is 98.8 cm³/mol. The van der Waals surface area contributed by atoms with Crippen LogP contribution in [0.2, 0.25) is 0 Å². The standard InChI is InChI=1S/C20H24N2O3/c1-4-23-18(24-5-2)13-25-16-11-9-15(10-12-16)20-21-17-8-6-7-14(3)19(17)22-20/h6-12,18H,4-5,13H2,1-3H3,(H,21,22). The van der Waals surface area contributed by atoms with Crippen LogP contribution >= 0.6 is 0 Å². The van der Waals surface area contributed by atoms with E-state index in [1.165, 1.54) is 0 Å². The zero-order valence-electron chi connectivity index (χ0n) is 14.9. The normalized spacial score (nSPS) is 11.4. The van der Waals surface area contributed by atoms with E-state index in [4.69, 9.17) is 19.2 Å². The van der Waals surface area contributed by atoms with Gasteiger partial charge in [-0.15, -0.1) is 0 Å². The minimum Gasteiger partial charge on any atom is -0.488 e. The third kappa shape index (κ3) is 4.18. The number of hydrogen-bond acceptors (Lipinski definition) is 4. The van der Waals surface area contributed by atoms with Crippen LogP contribution in [0.25, 0.3) is 22.4 Å². The van der Waals surface area contributed by atoms with Gasteiger partial charge in [-0.2, -0.15) is 0 Å². The quantitative estimate of drug-likeness (QED) is 0.621. The summed E-state index contributed by atoms with van der Waals surface area (Å²) in [6.45, 7) is 7.50. The van der Waals surface area contributed by atoms with Gasteiger partial charge in [0.15, 0.2) is 6.29 Å². The van der Waals surface area contributed by atoms with E-state index in [0.717, 1.165) is 33.7 Å². The lowest BCUT2D eigenvalue weighted by Crippen LogP contribution is -2.25. The van der Waals surface area contributed by atoms with Gasteiger partial charge in [-0.25, -0.2) is 4.98 Å². The molecule has 132 valence electrons. The second-order valence-electron chi connectivity index (χ2n) is 5.73. The predicted octanol–water partition coefficient (Wildman–Crippen LogP) is 4.32. The second kappa shape index (κ2) is 8.14. The molecule has 2 aromatic carbocycles. The number of fused-ring (bicyclic) bond motifs is 1. The van der Waals surface area contributed by atoms with Crippen LogP contribution in [0.3, 0.4) is 0 Å². The van der Waals surface area contributed by atoms with Gasteiger partial charge in [-0.05, 0) is 56.7 Å². The summed E-state index contributed by atoms with van der Waals surface area (Å²) in [6.07, 6.45) is -0.340. The Morgan fingerprint density at radius 2 is 1.72 bits per heavy atom. The molecule has 25 heavy (non-hydrogen) atoms. The van der Waals surface area contributed by atoms with E-state index in [-0.39, 0.29) is 6.29 Å². The number of imidazole rings is 1. The molecule has 0 bridgehead atoms. The highest BCUT2D eigenvalue weighted by molar-refractivity contribution is 5.82. The third-order valence-electron chi connectivity index (χ3n) is 3.93. The van der Waals surface area contributed by atoms with Gasteiger partial charge < -0.3 is 19.2 Å². The van der Waals surface area contributed by atoms with Crippen LogP contribution in [0.1, 0.15) is 19.4 Å². The summed E-state index contributed by atoms with van der Waals surface area (Å²) in [5.74, 6) is 1.64. The maximum Gasteiger partial charge on any atom is 0.191 e. The highest BCUT2D eigenvalue weighted by Crippen LogP contribution is 2.24. The molecule has 0 spiro atoms. The molecule has 0 fully saturated rings. The molecule has 0 aliphatic rings. The van der Waals surface area contributed by atoms with Crippen molar-refractivity contribution >= 4 is 11.0 Å². The van der Waals surface area contributed by atoms with Crippen molar-refractivity contribution in [2.45, 2.75) is 27.1 Å². The molecule has 5 nitrogen and oxygen atoms in total. The fraction of sp³-hybridized carbons (Fsp3) is 0.350. The number of rotatable bonds is 8.